The first-order chi connectivity index (χ1) is 10.2. The summed E-state index contributed by atoms with van der Waals surface area (Å²) in [7, 11) is -3.23. The lowest BCUT2D eigenvalue weighted by Crippen LogP contribution is -2.20. The normalized spacial score (nSPS) is 11.7. The van der Waals surface area contributed by atoms with Gasteiger partial charge in [0.15, 0.2) is 0 Å². The van der Waals surface area contributed by atoms with Crippen LogP contribution in [0.15, 0.2) is 0 Å². The highest BCUT2D eigenvalue weighted by molar-refractivity contribution is 7.87. The van der Waals surface area contributed by atoms with Gasteiger partial charge in [0.2, 0.25) is 34.8 Å². The van der Waals surface area contributed by atoms with Crippen molar-refractivity contribution < 1.29 is 44.0 Å². The molecule has 1 aromatic carbocycles. The largest absolute Gasteiger partial charge is 0.382 e. The van der Waals surface area contributed by atoms with Gasteiger partial charge in [-0.1, -0.05) is 0 Å². The van der Waals surface area contributed by atoms with Crippen molar-refractivity contribution in [3.05, 3.63) is 29.1 Å². The third-order valence-electron chi connectivity index (χ3n) is 2.29. The third kappa shape index (κ3) is 4.52. The summed E-state index contributed by atoms with van der Waals surface area (Å²) in [6.07, 6.45) is 0. The van der Waals surface area contributed by atoms with Gasteiger partial charge in [-0.25, -0.2) is 13.2 Å². The Bertz CT molecular complexity index is 605. The summed E-state index contributed by atoms with van der Waals surface area (Å²) in [5, 5.41) is 0. The molecule has 0 N–H and O–H groups in total. The average molecular weight is 350 g/mol. The summed E-state index contributed by atoms with van der Waals surface area (Å²) in [5.74, 6) is -14.5. The van der Waals surface area contributed by atoms with Gasteiger partial charge in [0.1, 0.15) is 5.75 Å². The van der Waals surface area contributed by atoms with E-state index < -0.39 is 57.3 Å². The first-order valence-corrected chi connectivity index (χ1v) is 7.29. The Hall–Kier alpha value is -1.46. The molecule has 0 aliphatic carbocycles. The molecule has 22 heavy (non-hydrogen) atoms. The van der Waals surface area contributed by atoms with Crippen LogP contribution in [-0.2, 0) is 19.6 Å². The van der Waals surface area contributed by atoms with E-state index >= 15 is 0 Å². The fraction of sp³-hybridized carbons (Fsp3) is 0.455. The molecule has 126 valence electrons. The molecule has 0 radical (unpaired) electrons. The van der Waals surface area contributed by atoms with Gasteiger partial charge in [-0.2, -0.15) is 17.2 Å². The minimum Gasteiger partial charge on any atom is -0.382 e. The van der Waals surface area contributed by atoms with E-state index in [9.17, 15) is 30.4 Å². The predicted octanol–water partition coefficient (Wildman–Crippen LogP) is 1.75. The van der Waals surface area contributed by atoms with Crippen molar-refractivity contribution in [2.45, 2.75) is 0 Å². The molecule has 0 fully saturated rings. The second-order valence-electron chi connectivity index (χ2n) is 3.85. The molecule has 1 aromatic rings. The SMILES string of the molecule is COCCOCCS(=O)(=O)Oc1c(F)c(F)c(F)c(F)c1F. The first-order valence-electron chi connectivity index (χ1n) is 5.71. The van der Waals surface area contributed by atoms with Crippen LogP contribution in [0, 0.1) is 29.1 Å². The molecule has 0 heterocycles. The second-order valence-corrected chi connectivity index (χ2v) is 5.54. The van der Waals surface area contributed by atoms with Crippen LogP contribution in [-0.4, -0.2) is 41.1 Å². The quantitative estimate of drug-likeness (QED) is 0.235. The Morgan fingerprint density at radius 1 is 0.818 bits per heavy atom. The zero-order valence-electron chi connectivity index (χ0n) is 11.2. The van der Waals surface area contributed by atoms with Gasteiger partial charge in [0.25, 0.3) is 0 Å². The average Bonchev–Trinajstić information content (AvgIpc) is 2.47. The van der Waals surface area contributed by atoms with E-state index in [1.165, 1.54) is 7.11 Å². The summed E-state index contributed by atoms with van der Waals surface area (Å²) in [6, 6.07) is 0. The molecule has 11 heteroatoms. The predicted molar refractivity (Wildman–Crippen MR) is 63.3 cm³/mol. The number of methoxy groups -OCH3 is 1. The maximum atomic E-state index is 13.3. The van der Waals surface area contributed by atoms with Crippen LogP contribution in [0.25, 0.3) is 0 Å². The zero-order valence-corrected chi connectivity index (χ0v) is 12.0. The van der Waals surface area contributed by atoms with Gasteiger partial charge >= 0.3 is 10.1 Å². The molecule has 0 atom stereocenters. The molecule has 0 unspecified atom stereocenters. The lowest BCUT2D eigenvalue weighted by molar-refractivity contribution is 0.0781. The monoisotopic (exact) mass is 350 g/mol. The van der Waals surface area contributed by atoms with Crippen LogP contribution in [0.3, 0.4) is 0 Å². The van der Waals surface area contributed by atoms with Crippen LogP contribution in [0.4, 0.5) is 22.0 Å². The highest BCUT2D eigenvalue weighted by Crippen LogP contribution is 2.30. The van der Waals surface area contributed by atoms with E-state index in [1.54, 1.807) is 0 Å². The third-order valence-corrected chi connectivity index (χ3v) is 3.38. The second kappa shape index (κ2) is 7.70. The number of halogens is 5. The lowest BCUT2D eigenvalue weighted by Gasteiger charge is -2.10. The van der Waals surface area contributed by atoms with Crippen LogP contribution in [0.2, 0.25) is 0 Å². The Labute approximate surface area is 122 Å². The minimum absolute atomic E-state index is 0.0501. The summed E-state index contributed by atoms with van der Waals surface area (Å²) < 4.78 is 101. The molecule has 0 bridgehead atoms. The van der Waals surface area contributed by atoms with Gasteiger partial charge in [-0.15, -0.1) is 0 Å². The molecule has 0 saturated carbocycles. The Morgan fingerprint density at radius 3 is 1.82 bits per heavy atom. The minimum atomic E-state index is -4.61. The van der Waals surface area contributed by atoms with Crippen molar-refractivity contribution in [3.63, 3.8) is 0 Å². The maximum Gasteiger partial charge on any atom is 0.311 e. The lowest BCUT2D eigenvalue weighted by atomic mass is 10.3. The first kappa shape index (κ1) is 18.6. The smallest absolute Gasteiger partial charge is 0.311 e. The van der Waals surface area contributed by atoms with Crippen LogP contribution < -0.4 is 4.18 Å². The van der Waals surface area contributed by atoms with Crippen LogP contribution in [0.5, 0.6) is 5.75 Å². The standard InChI is InChI=1S/C11H11F5O5S/c1-19-2-3-20-4-5-22(17,18)21-11-9(15)7(13)6(12)8(14)10(11)16/h2-5H2,1H3. The van der Waals surface area contributed by atoms with Crippen molar-refractivity contribution in [2.75, 3.05) is 32.7 Å². The molecular formula is C11H11F5O5S. The van der Waals surface area contributed by atoms with Gasteiger partial charge in [0.05, 0.1) is 19.8 Å². The number of benzene rings is 1. The van der Waals surface area contributed by atoms with Crippen molar-refractivity contribution in [3.8, 4) is 5.75 Å². The van der Waals surface area contributed by atoms with E-state index in [1.807, 2.05) is 0 Å². The highest BCUT2D eigenvalue weighted by Gasteiger charge is 2.30. The van der Waals surface area contributed by atoms with E-state index in [2.05, 4.69) is 8.92 Å². The molecule has 0 aliphatic rings. The van der Waals surface area contributed by atoms with E-state index in [-0.39, 0.29) is 13.2 Å². The number of hydrogen-bond donors (Lipinski definition) is 0. The Kier molecular flexibility index (Phi) is 6.50. The summed E-state index contributed by atoms with van der Waals surface area (Å²) in [4.78, 5) is 0. The van der Waals surface area contributed by atoms with E-state index in [4.69, 9.17) is 4.74 Å². The number of ether oxygens (including phenoxy) is 2. The summed E-state index contributed by atoms with van der Waals surface area (Å²) >= 11 is 0. The topological polar surface area (TPSA) is 61.8 Å². The van der Waals surface area contributed by atoms with E-state index in [0.717, 1.165) is 0 Å². The summed E-state index contributed by atoms with van der Waals surface area (Å²) in [5.41, 5.74) is 0. The molecule has 0 aliphatic heterocycles. The number of rotatable bonds is 8. The van der Waals surface area contributed by atoms with Crippen LogP contribution >= 0.6 is 0 Å². The van der Waals surface area contributed by atoms with Crippen molar-refractivity contribution >= 4 is 10.1 Å². The highest BCUT2D eigenvalue weighted by atomic mass is 32.2. The molecular weight excluding hydrogens is 339 g/mol. The zero-order chi connectivity index (χ0) is 16.9. The van der Waals surface area contributed by atoms with Gasteiger partial charge < -0.3 is 13.7 Å². The number of hydrogen-bond acceptors (Lipinski definition) is 5. The maximum absolute atomic E-state index is 13.3. The van der Waals surface area contributed by atoms with Gasteiger partial charge in [-0.05, 0) is 0 Å². The molecule has 0 saturated heterocycles. The Balaban J connectivity index is 2.86. The molecule has 0 aromatic heterocycles. The van der Waals surface area contributed by atoms with Crippen molar-refractivity contribution in [1.82, 2.24) is 0 Å². The molecule has 0 spiro atoms. The van der Waals surface area contributed by atoms with Crippen molar-refractivity contribution in [2.24, 2.45) is 0 Å². The van der Waals surface area contributed by atoms with E-state index in [0.29, 0.717) is 0 Å². The van der Waals surface area contributed by atoms with Crippen LogP contribution in [0.1, 0.15) is 0 Å². The molecule has 0 amide bonds. The van der Waals surface area contributed by atoms with Gasteiger partial charge in [-0.3, -0.25) is 0 Å². The fourth-order valence-corrected chi connectivity index (χ4v) is 2.04. The fourth-order valence-electron chi connectivity index (χ4n) is 1.23. The van der Waals surface area contributed by atoms with Gasteiger partial charge in [0, 0.05) is 7.11 Å². The molecule has 1 rings (SSSR count). The van der Waals surface area contributed by atoms with Crippen molar-refractivity contribution in [1.29, 1.82) is 0 Å². The molecule has 5 nitrogen and oxygen atoms in total. The summed E-state index contributed by atoms with van der Waals surface area (Å²) in [6.45, 7) is -0.186. The Morgan fingerprint density at radius 2 is 1.32 bits per heavy atom.